The molecule has 0 radical (unpaired) electrons. The van der Waals surface area contributed by atoms with Gasteiger partial charge in [0, 0.05) is 19.0 Å². The van der Waals surface area contributed by atoms with Crippen LogP contribution in [0.5, 0.6) is 0 Å². The number of ether oxygens (including phenoxy) is 1. The van der Waals surface area contributed by atoms with Gasteiger partial charge in [-0.25, -0.2) is 4.79 Å². The predicted octanol–water partition coefficient (Wildman–Crippen LogP) is 1.32. The first-order valence-electron chi connectivity index (χ1n) is 8.01. The molecule has 1 saturated carbocycles. The highest BCUT2D eigenvalue weighted by Gasteiger charge is 2.37. The van der Waals surface area contributed by atoms with Crippen LogP contribution in [0.3, 0.4) is 0 Å². The number of carboxylic acid groups (broad SMARTS) is 1. The molecule has 24 heavy (non-hydrogen) atoms. The van der Waals surface area contributed by atoms with Crippen molar-refractivity contribution in [3.05, 3.63) is 0 Å². The summed E-state index contributed by atoms with van der Waals surface area (Å²) in [5.41, 5.74) is -0.758. The fourth-order valence-electron chi connectivity index (χ4n) is 2.16. The fraction of sp³-hybridized carbons (Fsp3) is 0.750. The van der Waals surface area contributed by atoms with Gasteiger partial charge in [-0.3, -0.25) is 14.4 Å². The topological polar surface area (TPSA) is 113 Å². The Hall–Kier alpha value is -2.12. The van der Waals surface area contributed by atoms with Gasteiger partial charge in [0.1, 0.15) is 17.4 Å². The van der Waals surface area contributed by atoms with Gasteiger partial charge in [-0.1, -0.05) is 0 Å². The highest BCUT2D eigenvalue weighted by molar-refractivity contribution is 5.90. The number of carbonyl (C=O) groups excluding carboxylic acids is 3. The van der Waals surface area contributed by atoms with Crippen LogP contribution in [0, 0.1) is 0 Å². The largest absolute Gasteiger partial charge is 0.481 e. The third kappa shape index (κ3) is 7.43. The first-order chi connectivity index (χ1) is 11.0. The minimum atomic E-state index is -1.22. The first-order valence-corrected chi connectivity index (χ1v) is 8.01. The number of alkyl carbamates (subject to hydrolysis) is 1. The van der Waals surface area contributed by atoms with E-state index in [0.717, 1.165) is 12.8 Å². The molecule has 0 saturated heterocycles. The molecule has 0 spiro atoms. The Kier molecular flexibility index (Phi) is 6.74. The third-order valence-electron chi connectivity index (χ3n) is 3.34. The summed E-state index contributed by atoms with van der Waals surface area (Å²) >= 11 is 0. The van der Waals surface area contributed by atoms with E-state index in [0.29, 0.717) is 0 Å². The molecule has 8 nitrogen and oxygen atoms in total. The van der Waals surface area contributed by atoms with Crippen LogP contribution in [-0.2, 0) is 19.1 Å². The highest BCUT2D eigenvalue weighted by Crippen LogP contribution is 2.28. The molecule has 1 rings (SSSR count). The maximum atomic E-state index is 12.7. The Morgan fingerprint density at radius 2 is 1.83 bits per heavy atom. The van der Waals surface area contributed by atoms with E-state index in [2.05, 4.69) is 5.32 Å². The highest BCUT2D eigenvalue weighted by atomic mass is 16.6. The number of hydrogen-bond acceptors (Lipinski definition) is 5. The molecular formula is C16H26N2O6. The summed E-state index contributed by atoms with van der Waals surface area (Å²) in [6.45, 7) is 6.67. The Morgan fingerprint density at radius 1 is 1.25 bits per heavy atom. The van der Waals surface area contributed by atoms with Crippen molar-refractivity contribution < 1.29 is 29.0 Å². The number of ketones is 1. The Labute approximate surface area is 141 Å². The second-order valence-electron chi connectivity index (χ2n) is 7.01. The van der Waals surface area contributed by atoms with Gasteiger partial charge >= 0.3 is 12.1 Å². The summed E-state index contributed by atoms with van der Waals surface area (Å²) in [7, 11) is 0. The van der Waals surface area contributed by atoms with Crippen LogP contribution in [0.4, 0.5) is 4.79 Å². The molecule has 1 aliphatic rings. The maximum absolute atomic E-state index is 12.7. The molecule has 0 bridgehead atoms. The molecule has 0 unspecified atom stereocenters. The lowest BCUT2D eigenvalue weighted by Gasteiger charge is -2.28. The summed E-state index contributed by atoms with van der Waals surface area (Å²) in [5.74, 6) is -1.75. The number of Topliss-reactive ketones (excluding diaryl/α,β-unsaturated/α-hetero) is 1. The van der Waals surface area contributed by atoms with E-state index in [1.54, 1.807) is 20.8 Å². The number of hydrogen-bond donors (Lipinski definition) is 2. The molecule has 2 amide bonds. The monoisotopic (exact) mass is 342 g/mol. The summed E-state index contributed by atoms with van der Waals surface area (Å²) in [6.07, 6.45) is 0.450. The molecule has 0 heterocycles. The third-order valence-corrected chi connectivity index (χ3v) is 3.34. The van der Waals surface area contributed by atoms with Crippen LogP contribution < -0.4 is 5.32 Å². The number of aliphatic carboxylic acids is 1. The molecule has 0 aromatic rings. The molecule has 0 aromatic carbocycles. The second kappa shape index (κ2) is 8.12. The smallest absolute Gasteiger partial charge is 0.408 e. The van der Waals surface area contributed by atoms with E-state index < -0.39 is 36.0 Å². The van der Waals surface area contributed by atoms with Crippen molar-refractivity contribution in [1.82, 2.24) is 10.2 Å². The van der Waals surface area contributed by atoms with Gasteiger partial charge in [0.25, 0.3) is 0 Å². The summed E-state index contributed by atoms with van der Waals surface area (Å²) < 4.78 is 5.09. The Bertz CT molecular complexity index is 507. The van der Waals surface area contributed by atoms with Crippen molar-refractivity contribution in [3.63, 3.8) is 0 Å². The molecular weight excluding hydrogens is 316 g/mol. The standard InChI is InChI=1S/C16H26N2O6/c1-10(19)7-8-18(11-5-6-11)14(22)12(9-13(20)21)17-15(23)24-16(2,3)4/h11-12H,5-9H2,1-4H3,(H,17,23)(H,20,21)/t12-/m0/s1. The lowest BCUT2D eigenvalue weighted by molar-refractivity contribution is -0.143. The van der Waals surface area contributed by atoms with Crippen LogP contribution in [0.2, 0.25) is 0 Å². The number of rotatable bonds is 8. The minimum absolute atomic E-state index is 0.00795. The second-order valence-corrected chi connectivity index (χ2v) is 7.01. The zero-order valence-corrected chi connectivity index (χ0v) is 14.6. The lowest BCUT2D eigenvalue weighted by atomic mass is 10.1. The van der Waals surface area contributed by atoms with E-state index >= 15 is 0 Å². The van der Waals surface area contributed by atoms with Crippen molar-refractivity contribution in [3.8, 4) is 0 Å². The van der Waals surface area contributed by atoms with Gasteiger partial charge in [-0.2, -0.15) is 0 Å². The van der Waals surface area contributed by atoms with Gasteiger partial charge in [-0.05, 0) is 40.5 Å². The van der Waals surface area contributed by atoms with Crippen molar-refractivity contribution in [1.29, 1.82) is 0 Å². The lowest BCUT2D eigenvalue weighted by Crippen LogP contribution is -2.51. The summed E-state index contributed by atoms with van der Waals surface area (Å²) in [6, 6.07) is -1.21. The molecule has 0 aliphatic heterocycles. The molecule has 1 atom stereocenters. The minimum Gasteiger partial charge on any atom is -0.481 e. The van der Waals surface area contributed by atoms with Crippen LogP contribution in [0.15, 0.2) is 0 Å². The normalized spacial score (nSPS) is 15.3. The van der Waals surface area contributed by atoms with Crippen molar-refractivity contribution >= 4 is 23.8 Å². The molecule has 8 heteroatoms. The molecule has 1 fully saturated rings. The average molecular weight is 342 g/mol. The number of nitrogens with one attached hydrogen (secondary N) is 1. The summed E-state index contributed by atoms with van der Waals surface area (Å²) in [5, 5.41) is 11.4. The quantitative estimate of drug-likeness (QED) is 0.688. The zero-order valence-electron chi connectivity index (χ0n) is 14.6. The Balaban J connectivity index is 2.80. The Morgan fingerprint density at radius 3 is 2.25 bits per heavy atom. The van der Waals surface area contributed by atoms with E-state index in [1.807, 2.05) is 0 Å². The maximum Gasteiger partial charge on any atom is 0.408 e. The number of carbonyl (C=O) groups is 4. The van der Waals surface area contributed by atoms with E-state index in [4.69, 9.17) is 9.84 Å². The van der Waals surface area contributed by atoms with Crippen LogP contribution in [-0.4, -0.2) is 58.0 Å². The SMILES string of the molecule is CC(=O)CCN(C(=O)[C@H](CC(=O)O)NC(=O)OC(C)(C)C)C1CC1. The van der Waals surface area contributed by atoms with Gasteiger partial charge in [0.2, 0.25) is 5.91 Å². The predicted molar refractivity (Wildman–Crippen MR) is 85.4 cm³/mol. The summed E-state index contributed by atoms with van der Waals surface area (Å²) in [4.78, 5) is 48.2. The van der Waals surface area contributed by atoms with Gasteiger partial charge in [0.05, 0.1) is 6.42 Å². The van der Waals surface area contributed by atoms with Crippen LogP contribution >= 0.6 is 0 Å². The van der Waals surface area contributed by atoms with Gasteiger partial charge in [-0.15, -0.1) is 0 Å². The van der Waals surface area contributed by atoms with Crippen LogP contribution in [0.1, 0.15) is 53.4 Å². The number of carboxylic acids is 1. The van der Waals surface area contributed by atoms with Crippen molar-refractivity contribution in [2.45, 2.75) is 71.1 Å². The molecule has 136 valence electrons. The van der Waals surface area contributed by atoms with Crippen molar-refractivity contribution in [2.24, 2.45) is 0 Å². The van der Waals surface area contributed by atoms with E-state index in [1.165, 1.54) is 11.8 Å². The van der Waals surface area contributed by atoms with Crippen LogP contribution in [0.25, 0.3) is 0 Å². The van der Waals surface area contributed by atoms with Gasteiger partial charge < -0.3 is 20.1 Å². The van der Waals surface area contributed by atoms with Crippen molar-refractivity contribution in [2.75, 3.05) is 6.54 Å². The average Bonchev–Trinajstić information content (AvgIpc) is 3.19. The number of amides is 2. The first kappa shape index (κ1) is 19.9. The van der Waals surface area contributed by atoms with E-state index in [9.17, 15) is 19.2 Å². The molecule has 0 aromatic heterocycles. The van der Waals surface area contributed by atoms with Gasteiger partial charge in [0.15, 0.2) is 0 Å². The molecule has 1 aliphatic carbocycles. The number of nitrogens with zero attached hydrogens (tertiary/aromatic N) is 1. The van der Waals surface area contributed by atoms with E-state index in [-0.39, 0.29) is 24.8 Å². The molecule has 2 N–H and O–H groups in total. The fourth-order valence-corrected chi connectivity index (χ4v) is 2.16. The zero-order chi connectivity index (χ0) is 18.5.